The molecule has 30 heavy (non-hydrogen) atoms. The quantitative estimate of drug-likeness (QED) is 0.338. The molecule has 0 bridgehead atoms. The number of nitrogens with one attached hydrogen (secondary N) is 1. The number of carbonyl (C=O) groups excluding carboxylic acids is 2. The zero-order valence-corrected chi connectivity index (χ0v) is 19.6. The number of amides is 1. The summed E-state index contributed by atoms with van der Waals surface area (Å²) in [5.74, 6) is 0.267. The second-order valence-corrected chi connectivity index (χ2v) is 7.63. The summed E-state index contributed by atoms with van der Waals surface area (Å²) in [6.45, 7) is 4.44. The van der Waals surface area contributed by atoms with E-state index in [1.54, 1.807) is 6.92 Å². The minimum atomic E-state index is -0.538. The summed E-state index contributed by atoms with van der Waals surface area (Å²) in [6, 6.07) is 8.89. The van der Waals surface area contributed by atoms with Crippen LogP contribution in [-0.4, -0.2) is 32.2 Å². The van der Waals surface area contributed by atoms with Gasteiger partial charge in [-0.25, -0.2) is 4.79 Å². The van der Waals surface area contributed by atoms with Crippen molar-refractivity contribution in [2.45, 2.75) is 33.1 Å². The second kappa shape index (κ2) is 11.8. The van der Waals surface area contributed by atoms with Crippen LogP contribution in [0.5, 0.6) is 11.5 Å². The van der Waals surface area contributed by atoms with E-state index in [0.29, 0.717) is 18.7 Å². The Kier molecular flexibility index (Phi) is 9.46. The molecule has 0 spiro atoms. The SMILES string of the molecule is CCOC(=O)c1cc(Cl)c(NC(=O)CCCOc2ccc(CC)cc2Br)cc1OC. The molecule has 0 heterocycles. The number of benzene rings is 2. The van der Waals surface area contributed by atoms with Crippen molar-refractivity contribution in [1.82, 2.24) is 0 Å². The highest BCUT2D eigenvalue weighted by molar-refractivity contribution is 9.10. The number of methoxy groups -OCH3 is 1. The van der Waals surface area contributed by atoms with Crippen LogP contribution in [0.1, 0.15) is 42.6 Å². The fourth-order valence-electron chi connectivity index (χ4n) is 2.70. The molecule has 0 aliphatic carbocycles. The molecule has 2 rings (SSSR count). The molecule has 0 aliphatic heterocycles. The van der Waals surface area contributed by atoms with E-state index in [2.05, 4.69) is 28.2 Å². The van der Waals surface area contributed by atoms with Crippen LogP contribution in [0, 0.1) is 0 Å². The molecule has 0 radical (unpaired) electrons. The number of hydrogen-bond acceptors (Lipinski definition) is 5. The molecule has 0 fully saturated rings. The fraction of sp³-hybridized carbons (Fsp3) is 0.364. The minimum absolute atomic E-state index is 0.204. The van der Waals surface area contributed by atoms with Crippen molar-refractivity contribution in [2.24, 2.45) is 0 Å². The van der Waals surface area contributed by atoms with Gasteiger partial charge in [0.1, 0.15) is 17.1 Å². The van der Waals surface area contributed by atoms with Crippen molar-refractivity contribution in [3.8, 4) is 11.5 Å². The first-order valence-corrected chi connectivity index (χ1v) is 10.8. The van der Waals surface area contributed by atoms with Crippen LogP contribution >= 0.6 is 27.5 Å². The highest BCUT2D eigenvalue weighted by Gasteiger charge is 2.18. The normalized spacial score (nSPS) is 10.4. The van der Waals surface area contributed by atoms with E-state index < -0.39 is 5.97 Å². The average molecular weight is 499 g/mol. The van der Waals surface area contributed by atoms with E-state index in [4.69, 9.17) is 25.8 Å². The summed E-state index contributed by atoms with van der Waals surface area (Å²) in [7, 11) is 1.43. The predicted octanol–water partition coefficient (Wildman–Crippen LogP) is 5.65. The third-order valence-electron chi connectivity index (χ3n) is 4.27. The van der Waals surface area contributed by atoms with Gasteiger partial charge in [0.25, 0.3) is 0 Å². The number of hydrogen-bond donors (Lipinski definition) is 1. The van der Waals surface area contributed by atoms with Crippen molar-refractivity contribution in [2.75, 3.05) is 25.6 Å². The molecule has 0 atom stereocenters. The van der Waals surface area contributed by atoms with Crippen molar-refractivity contribution in [3.63, 3.8) is 0 Å². The summed E-state index contributed by atoms with van der Waals surface area (Å²) < 4.78 is 16.9. The van der Waals surface area contributed by atoms with Crippen LogP contribution in [0.15, 0.2) is 34.8 Å². The number of anilines is 1. The molecular formula is C22H25BrClNO5. The first-order chi connectivity index (χ1) is 14.4. The van der Waals surface area contributed by atoms with Crippen LogP contribution < -0.4 is 14.8 Å². The van der Waals surface area contributed by atoms with Crippen LogP contribution in [0.3, 0.4) is 0 Å². The summed E-state index contributed by atoms with van der Waals surface area (Å²) in [6.07, 6.45) is 1.74. The first kappa shape index (κ1) is 24.0. The van der Waals surface area contributed by atoms with Gasteiger partial charge in [0.2, 0.25) is 5.91 Å². The van der Waals surface area contributed by atoms with E-state index >= 15 is 0 Å². The Morgan fingerprint density at radius 3 is 2.53 bits per heavy atom. The Bertz CT molecular complexity index is 903. The largest absolute Gasteiger partial charge is 0.496 e. The molecule has 1 amide bonds. The Morgan fingerprint density at radius 2 is 1.90 bits per heavy atom. The van der Waals surface area contributed by atoms with Gasteiger partial charge in [-0.05, 0) is 59.5 Å². The Balaban J connectivity index is 1.91. The number of halogens is 2. The van der Waals surface area contributed by atoms with Crippen LogP contribution in [0.25, 0.3) is 0 Å². The molecule has 2 aromatic carbocycles. The zero-order chi connectivity index (χ0) is 22.1. The van der Waals surface area contributed by atoms with Crippen LogP contribution in [-0.2, 0) is 16.0 Å². The van der Waals surface area contributed by atoms with Crippen molar-refractivity contribution >= 4 is 45.1 Å². The Morgan fingerprint density at radius 1 is 1.13 bits per heavy atom. The highest BCUT2D eigenvalue weighted by Crippen LogP contribution is 2.32. The average Bonchev–Trinajstić information content (AvgIpc) is 2.73. The molecule has 0 saturated heterocycles. The topological polar surface area (TPSA) is 73.9 Å². The smallest absolute Gasteiger partial charge is 0.341 e. The number of carbonyl (C=O) groups is 2. The van der Waals surface area contributed by atoms with E-state index in [-0.39, 0.29) is 35.3 Å². The third-order valence-corrected chi connectivity index (χ3v) is 5.20. The lowest BCUT2D eigenvalue weighted by atomic mass is 10.1. The summed E-state index contributed by atoms with van der Waals surface area (Å²) in [5, 5.41) is 2.97. The summed E-state index contributed by atoms with van der Waals surface area (Å²) in [5.41, 5.74) is 1.79. The molecular weight excluding hydrogens is 474 g/mol. The lowest BCUT2D eigenvalue weighted by Crippen LogP contribution is -2.14. The molecule has 8 heteroatoms. The fourth-order valence-corrected chi connectivity index (χ4v) is 3.45. The maximum absolute atomic E-state index is 12.3. The van der Waals surface area contributed by atoms with E-state index in [9.17, 15) is 9.59 Å². The number of aryl methyl sites for hydroxylation is 1. The lowest BCUT2D eigenvalue weighted by Gasteiger charge is -2.13. The van der Waals surface area contributed by atoms with Gasteiger partial charge in [0.15, 0.2) is 0 Å². The van der Waals surface area contributed by atoms with Gasteiger partial charge in [-0.2, -0.15) is 0 Å². The van der Waals surface area contributed by atoms with Crippen molar-refractivity contribution < 1.29 is 23.8 Å². The van der Waals surface area contributed by atoms with Crippen molar-refractivity contribution in [3.05, 3.63) is 51.0 Å². The van der Waals surface area contributed by atoms with Crippen LogP contribution in [0.4, 0.5) is 5.69 Å². The van der Waals surface area contributed by atoms with E-state index in [0.717, 1.165) is 16.6 Å². The number of esters is 1. The predicted molar refractivity (Wildman–Crippen MR) is 121 cm³/mol. The van der Waals surface area contributed by atoms with Gasteiger partial charge in [-0.15, -0.1) is 0 Å². The molecule has 1 N–H and O–H groups in total. The zero-order valence-electron chi connectivity index (χ0n) is 17.2. The van der Waals surface area contributed by atoms with Gasteiger partial charge in [-0.1, -0.05) is 24.6 Å². The Labute approximate surface area is 190 Å². The van der Waals surface area contributed by atoms with E-state index in [1.807, 2.05) is 18.2 Å². The Hall–Kier alpha value is -2.25. The number of ether oxygens (including phenoxy) is 3. The van der Waals surface area contributed by atoms with Gasteiger partial charge < -0.3 is 19.5 Å². The molecule has 0 aromatic heterocycles. The maximum Gasteiger partial charge on any atom is 0.341 e. The molecule has 0 unspecified atom stereocenters. The molecule has 162 valence electrons. The molecule has 0 aliphatic rings. The molecule has 2 aromatic rings. The first-order valence-electron chi connectivity index (χ1n) is 9.65. The molecule has 0 saturated carbocycles. The minimum Gasteiger partial charge on any atom is -0.496 e. The third kappa shape index (κ3) is 6.64. The summed E-state index contributed by atoms with van der Waals surface area (Å²) >= 11 is 9.72. The second-order valence-electron chi connectivity index (χ2n) is 6.37. The standard InChI is InChI=1S/C22H25BrClNO5/c1-4-14-8-9-19(16(23)11-14)30-10-6-7-21(26)25-18-13-20(28-3)15(12-17(18)24)22(27)29-5-2/h8-9,11-13H,4-7,10H2,1-3H3,(H,25,26). The monoisotopic (exact) mass is 497 g/mol. The maximum atomic E-state index is 12.3. The van der Waals surface area contributed by atoms with Gasteiger partial charge in [-0.3, -0.25) is 4.79 Å². The lowest BCUT2D eigenvalue weighted by molar-refractivity contribution is -0.116. The van der Waals surface area contributed by atoms with E-state index in [1.165, 1.54) is 24.8 Å². The highest BCUT2D eigenvalue weighted by atomic mass is 79.9. The molecule has 6 nitrogen and oxygen atoms in total. The van der Waals surface area contributed by atoms with Gasteiger partial charge in [0.05, 0.1) is 35.5 Å². The summed E-state index contributed by atoms with van der Waals surface area (Å²) in [4.78, 5) is 24.3. The van der Waals surface area contributed by atoms with Crippen LogP contribution in [0.2, 0.25) is 5.02 Å². The van der Waals surface area contributed by atoms with Gasteiger partial charge in [0, 0.05) is 12.5 Å². The van der Waals surface area contributed by atoms with Gasteiger partial charge >= 0.3 is 5.97 Å². The number of rotatable bonds is 10. The van der Waals surface area contributed by atoms with Crippen molar-refractivity contribution in [1.29, 1.82) is 0 Å².